The van der Waals surface area contributed by atoms with E-state index in [1.165, 1.54) is 0 Å². The van der Waals surface area contributed by atoms with Gasteiger partial charge in [0.15, 0.2) is 5.76 Å². The maximum absolute atomic E-state index is 4.99. The molecule has 0 unspecified atom stereocenters. The maximum Gasteiger partial charge on any atom is 0.162 e. The standard InChI is InChI=1S/C8H13NO2/c1-6(2)8-4-7(5-10-3)11-9-8/h4,6H,5H2,1-3H3. The molecule has 1 aromatic rings. The summed E-state index contributed by atoms with van der Waals surface area (Å²) in [6.45, 7) is 4.66. The highest BCUT2D eigenvalue weighted by Gasteiger charge is 2.06. The first-order chi connectivity index (χ1) is 5.24. The van der Waals surface area contributed by atoms with E-state index < -0.39 is 0 Å². The Morgan fingerprint density at radius 3 is 2.82 bits per heavy atom. The van der Waals surface area contributed by atoms with Crippen LogP contribution in [0.5, 0.6) is 0 Å². The molecule has 0 fully saturated rings. The SMILES string of the molecule is COCc1cc(C(C)C)no1. The van der Waals surface area contributed by atoms with Crippen LogP contribution < -0.4 is 0 Å². The average Bonchev–Trinajstić information content (AvgIpc) is 2.37. The zero-order valence-electron chi connectivity index (χ0n) is 7.13. The van der Waals surface area contributed by atoms with Crippen LogP contribution in [0.2, 0.25) is 0 Å². The van der Waals surface area contributed by atoms with Gasteiger partial charge >= 0.3 is 0 Å². The quantitative estimate of drug-likeness (QED) is 0.669. The van der Waals surface area contributed by atoms with E-state index in [4.69, 9.17) is 9.26 Å². The molecule has 0 aliphatic carbocycles. The van der Waals surface area contributed by atoms with E-state index in [-0.39, 0.29) is 0 Å². The lowest BCUT2D eigenvalue weighted by Crippen LogP contribution is -1.85. The lowest BCUT2D eigenvalue weighted by molar-refractivity contribution is 0.155. The van der Waals surface area contributed by atoms with Gasteiger partial charge in [-0.1, -0.05) is 19.0 Å². The zero-order chi connectivity index (χ0) is 8.27. The second-order valence-electron chi connectivity index (χ2n) is 2.81. The molecule has 0 saturated carbocycles. The van der Waals surface area contributed by atoms with Gasteiger partial charge in [0, 0.05) is 13.2 Å². The molecule has 0 bridgehead atoms. The van der Waals surface area contributed by atoms with Crippen LogP contribution in [0.1, 0.15) is 31.2 Å². The predicted octanol–water partition coefficient (Wildman–Crippen LogP) is 1.94. The highest BCUT2D eigenvalue weighted by atomic mass is 16.5. The summed E-state index contributed by atoms with van der Waals surface area (Å²) in [5.41, 5.74) is 0.983. The molecule has 1 aromatic heterocycles. The van der Waals surface area contributed by atoms with Crippen LogP contribution >= 0.6 is 0 Å². The molecule has 0 atom stereocenters. The van der Waals surface area contributed by atoms with Crippen LogP contribution in [0.3, 0.4) is 0 Å². The van der Waals surface area contributed by atoms with Gasteiger partial charge in [-0.25, -0.2) is 0 Å². The van der Waals surface area contributed by atoms with Gasteiger partial charge in [0.1, 0.15) is 6.61 Å². The summed E-state index contributed by atoms with van der Waals surface area (Å²) in [5, 5.41) is 3.88. The third-order valence-electron chi connectivity index (χ3n) is 1.46. The molecule has 11 heavy (non-hydrogen) atoms. The van der Waals surface area contributed by atoms with E-state index >= 15 is 0 Å². The molecule has 0 spiro atoms. The van der Waals surface area contributed by atoms with E-state index in [9.17, 15) is 0 Å². The van der Waals surface area contributed by atoms with Gasteiger partial charge in [0.05, 0.1) is 5.69 Å². The molecule has 0 aliphatic heterocycles. The Kier molecular flexibility index (Phi) is 2.65. The molecular weight excluding hydrogens is 142 g/mol. The Labute approximate surface area is 66.3 Å². The lowest BCUT2D eigenvalue weighted by Gasteiger charge is -1.93. The summed E-state index contributed by atoms with van der Waals surface area (Å²) in [6.07, 6.45) is 0. The van der Waals surface area contributed by atoms with E-state index in [1.807, 2.05) is 6.07 Å². The van der Waals surface area contributed by atoms with Gasteiger partial charge in [0.2, 0.25) is 0 Å². The number of aromatic nitrogens is 1. The summed E-state index contributed by atoms with van der Waals surface area (Å²) < 4.78 is 9.88. The van der Waals surface area contributed by atoms with E-state index in [0.29, 0.717) is 12.5 Å². The normalized spacial score (nSPS) is 10.9. The number of rotatable bonds is 3. The highest BCUT2D eigenvalue weighted by molar-refractivity contribution is 5.07. The van der Waals surface area contributed by atoms with E-state index in [0.717, 1.165) is 11.5 Å². The van der Waals surface area contributed by atoms with Crippen molar-refractivity contribution in [3.8, 4) is 0 Å². The van der Waals surface area contributed by atoms with Crippen LogP contribution in [0.25, 0.3) is 0 Å². The van der Waals surface area contributed by atoms with Crippen molar-refractivity contribution in [2.24, 2.45) is 0 Å². The molecule has 0 amide bonds. The second kappa shape index (κ2) is 3.53. The molecule has 3 nitrogen and oxygen atoms in total. The van der Waals surface area contributed by atoms with Crippen LogP contribution in [-0.2, 0) is 11.3 Å². The third-order valence-corrected chi connectivity index (χ3v) is 1.46. The largest absolute Gasteiger partial charge is 0.377 e. The topological polar surface area (TPSA) is 35.3 Å². The first-order valence-electron chi connectivity index (χ1n) is 3.68. The van der Waals surface area contributed by atoms with Crippen molar-refractivity contribution < 1.29 is 9.26 Å². The van der Waals surface area contributed by atoms with Crippen molar-refractivity contribution in [1.29, 1.82) is 0 Å². The fraction of sp³-hybridized carbons (Fsp3) is 0.625. The Bertz CT molecular complexity index is 218. The summed E-state index contributed by atoms with van der Waals surface area (Å²) >= 11 is 0. The minimum Gasteiger partial charge on any atom is -0.377 e. The molecule has 0 saturated heterocycles. The van der Waals surface area contributed by atoms with Crippen LogP contribution in [-0.4, -0.2) is 12.3 Å². The molecule has 0 aromatic carbocycles. The predicted molar refractivity (Wildman–Crippen MR) is 41.3 cm³/mol. The fourth-order valence-electron chi connectivity index (χ4n) is 0.811. The molecule has 0 radical (unpaired) electrons. The molecule has 0 aliphatic rings. The molecule has 0 N–H and O–H groups in total. The van der Waals surface area contributed by atoms with Gasteiger partial charge in [0.25, 0.3) is 0 Å². The number of hydrogen-bond acceptors (Lipinski definition) is 3. The molecule has 62 valence electrons. The molecular formula is C8H13NO2. The summed E-state index contributed by atoms with van der Waals surface area (Å²) in [6, 6.07) is 1.92. The zero-order valence-corrected chi connectivity index (χ0v) is 7.13. The van der Waals surface area contributed by atoms with Crippen molar-refractivity contribution in [3.63, 3.8) is 0 Å². The Morgan fingerprint density at radius 2 is 2.36 bits per heavy atom. The van der Waals surface area contributed by atoms with Gasteiger partial charge in [-0.15, -0.1) is 0 Å². The lowest BCUT2D eigenvalue weighted by atomic mass is 10.1. The first-order valence-corrected chi connectivity index (χ1v) is 3.68. The van der Waals surface area contributed by atoms with E-state index in [2.05, 4.69) is 19.0 Å². The van der Waals surface area contributed by atoms with Crippen LogP contribution in [0.4, 0.5) is 0 Å². The Hall–Kier alpha value is -0.830. The summed E-state index contributed by atoms with van der Waals surface area (Å²) in [5.74, 6) is 1.21. The van der Waals surface area contributed by atoms with Crippen molar-refractivity contribution in [1.82, 2.24) is 5.16 Å². The minimum atomic E-state index is 0.421. The van der Waals surface area contributed by atoms with E-state index in [1.54, 1.807) is 7.11 Å². The third kappa shape index (κ3) is 2.05. The minimum absolute atomic E-state index is 0.421. The Morgan fingerprint density at radius 1 is 1.64 bits per heavy atom. The number of nitrogens with zero attached hydrogens (tertiary/aromatic N) is 1. The Balaban J connectivity index is 2.66. The van der Waals surface area contributed by atoms with Crippen molar-refractivity contribution >= 4 is 0 Å². The maximum atomic E-state index is 4.99. The van der Waals surface area contributed by atoms with Gasteiger partial charge in [-0.2, -0.15) is 0 Å². The average molecular weight is 155 g/mol. The second-order valence-corrected chi connectivity index (χ2v) is 2.81. The van der Waals surface area contributed by atoms with Crippen LogP contribution in [0, 0.1) is 0 Å². The van der Waals surface area contributed by atoms with Crippen molar-refractivity contribution in [3.05, 3.63) is 17.5 Å². The number of ether oxygens (including phenoxy) is 1. The van der Waals surface area contributed by atoms with Gasteiger partial charge < -0.3 is 9.26 Å². The molecule has 1 heterocycles. The van der Waals surface area contributed by atoms with Gasteiger partial charge in [-0.05, 0) is 5.92 Å². The summed E-state index contributed by atoms with van der Waals surface area (Å²) in [7, 11) is 1.64. The number of methoxy groups -OCH3 is 1. The summed E-state index contributed by atoms with van der Waals surface area (Å²) in [4.78, 5) is 0. The van der Waals surface area contributed by atoms with Crippen molar-refractivity contribution in [2.45, 2.75) is 26.4 Å². The van der Waals surface area contributed by atoms with Crippen molar-refractivity contribution in [2.75, 3.05) is 7.11 Å². The highest BCUT2D eigenvalue weighted by Crippen LogP contribution is 2.13. The first kappa shape index (κ1) is 8.27. The fourth-order valence-corrected chi connectivity index (χ4v) is 0.811. The van der Waals surface area contributed by atoms with Gasteiger partial charge in [-0.3, -0.25) is 0 Å². The monoisotopic (exact) mass is 155 g/mol. The number of hydrogen-bond donors (Lipinski definition) is 0. The smallest absolute Gasteiger partial charge is 0.162 e. The van der Waals surface area contributed by atoms with Crippen LogP contribution in [0.15, 0.2) is 10.6 Å². The molecule has 3 heteroatoms. The molecule has 1 rings (SSSR count).